The van der Waals surface area contributed by atoms with E-state index in [-0.39, 0.29) is 17.6 Å². The van der Waals surface area contributed by atoms with Gasteiger partial charge >= 0.3 is 6.03 Å². The third-order valence-corrected chi connectivity index (χ3v) is 4.25. The summed E-state index contributed by atoms with van der Waals surface area (Å²) in [6, 6.07) is 13.2. The van der Waals surface area contributed by atoms with E-state index in [0.717, 1.165) is 12.8 Å². The first kappa shape index (κ1) is 17.6. The van der Waals surface area contributed by atoms with Crippen molar-refractivity contribution in [1.29, 1.82) is 0 Å². The van der Waals surface area contributed by atoms with Crippen LogP contribution >= 0.6 is 0 Å². The van der Waals surface area contributed by atoms with E-state index in [0.29, 0.717) is 22.8 Å². The summed E-state index contributed by atoms with van der Waals surface area (Å²) in [5.41, 5.74) is 1.08. The van der Waals surface area contributed by atoms with Gasteiger partial charge in [-0.05, 0) is 61.4 Å². The topological polar surface area (TPSA) is 116 Å². The molecular weight excluding hydrogens is 360 g/mol. The van der Waals surface area contributed by atoms with Crippen molar-refractivity contribution in [2.75, 3.05) is 10.6 Å². The first-order valence-electron chi connectivity index (χ1n) is 8.84. The zero-order chi connectivity index (χ0) is 19.5. The van der Waals surface area contributed by atoms with Crippen molar-refractivity contribution in [2.24, 2.45) is 0 Å². The molecule has 4 N–H and O–H groups in total. The fraction of sp³-hybridized carbons (Fsp3) is 0.150. The number of hydrogen-bond acceptors (Lipinski definition) is 4. The van der Waals surface area contributed by atoms with Crippen LogP contribution in [0.2, 0.25) is 0 Å². The van der Waals surface area contributed by atoms with Gasteiger partial charge in [-0.2, -0.15) is 0 Å². The van der Waals surface area contributed by atoms with Gasteiger partial charge in [-0.25, -0.2) is 4.79 Å². The van der Waals surface area contributed by atoms with Crippen LogP contribution in [0.1, 0.15) is 23.2 Å². The van der Waals surface area contributed by atoms with Crippen LogP contribution < -0.4 is 21.5 Å². The van der Waals surface area contributed by atoms with E-state index in [2.05, 4.69) is 20.9 Å². The first-order valence-corrected chi connectivity index (χ1v) is 8.84. The van der Waals surface area contributed by atoms with Crippen LogP contribution in [0.3, 0.4) is 0 Å². The summed E-state index contributed by atoms with van der Waals surface area (Å²) in [6.45, 7) is 0. The molecule has 0 aliphatic heterocycles. The van der Waals surface area contributed by atoms with Crippen molar-refractivity contribution in [3.63, 3.8) is 0 Å². The summed E-state index contributed by atoms with van der Waals surface area (Å²) in [5, 5.41) is 8.22. The SMILES string of the molecule is O=C(Nc1ccc(NC(=O)c2ccc(-c3ccco3)[nH]c2=O)cc1)NC1CC1. The Morgan fingerprint density at radius 3 is 2.29 bits per heavy atom. The van der Waals surface area contributed by atoms with E-state index in [4.69, 9.17) is 4.42 Å². The van der Waals surface area contributed by atoms with Crippen molar-refractivity contribution >= 4 is 23.3 Å². The van der Waals surface area contributed by atoms with Crippen molar-refractivity contribution in [1.82, 2.24) is 10.3 Å². The van der Waals surface area contributed by atoms with Crippen molar-refractivity contribution in [2.45, 2.75) is 18.9 Å². The number of rotatable bonds is 5. The van der Waals surface area contributed by atoms with E-state index >= 15 is 0 Å². The van der Waals surface area contributed by atoms with Gasteiger partial charge in [0.25, 0.3) is 11.5 Å². The standard InChI is InChI=1S/C20H18N4O4/c25-18(15-9-10-16(24-19(15)26)17-2-1-11-28-17)21-12-3-5-13(6-4-12)22-20(27)23-14-7-8-14/h1-6,9-11,14H,7-8H2,(H,21,25)(H,24,26)(H2,22,23,27). The number of nitrogens with one attached hydrogen (secondary N) is 4. The van der Waals surface area contributed by atoms with Gasteiger partial charge in [-0.15, -0.1) is 0 Å². The maximum absolute atomic E-state index is 12.4. The second-order valence-electron chi connectivity index (χ2n) is 6.50. The molecule has 2 aromatic heterocycles. The molecule has 3 aromatic rings. The van der Waals surface area contributed by atoms with E-state index in [9.17, 15) is 14.4 Å². The number of carbonyl (C=O) groups excluding carboxylic acids is 2. The molecule has 0 unspecified atom stereocenters. The van der Waals surface area contributed by atoms with Crippen LogP contribution in [0.15, 0.2) is 64.0 Å². The Hall–Kier alpha value is -3.81. The molecule has 8 heteroatoms. The molecule has 0 saturated heterocycles. The lowest BCUT2D eigenvalue weighted by atomic mass is 10.2. The first-order chi connectivity index (χ1) is 13.6. The minimum Gasteiger partial charge on any atom is -0.463 e. The number of carbonyl (C=O) groups is 2. The summed E-state index contributed by atoms with van der Waals surface area (Å²) >= 11 is 0. The molecule has 4 rings (SSSR count). The van der Waals surface area contributed by atoms with E-state index < -0.39 is 11.5 Å². The molecule has 0 bridgehead atoms. The third kappa shape index (κ3) is 4.12. The number of aromatic amines is 1. The van der Waals surface area contributed by atoms with Crippen molar-refractivity contribution < 1.29 is 14.0 Å². The summed E-state index contributed by atoms with van der Waals surface area (Å²) in [6.07, 6.45) is 3.53. The average molecular weight is 378 g/mol. The Bertz CT molecular complexity index is 1050. The molecule has 8 nitrogen and oxygen atoms in total. The van der Waals surface area contributed by atoms with E-state index in [1.54, 1.807) is 42.5 Å². The third-order valence-electron chi connectivity index (χ3n) is 4.25. The van der Waals surface area contributed by atoms with Crippen LogP contribution in [-0.2, 0) is 0 Å². The highest BCUT2D eigenvalue weighted by molar-refractivity contribution is 6.04. The minimum atomic E-state index is -0.528. The number of aromatic nitrogens is 1. The number of furan rings is 1. The highest BCUT2D eigenvalue weighted by atomic mass is 16.3. The smallest absolute Gasteiger partial charge is 0.319 e. The number of benzene rings is 1. The van der Waals surface area contributed by atoms with Gasteiger partial charge in [0.15, 0.2) is 0 Å². The molecule has 1 aromatic carbocycles. The van der Waals surface area contributed by atoms with Crippen molar-refractivity contribution in [3.05, 3.63) is 70.7 Å². The Morgan fingerprint density at radius 2 is 1.68 bits per heavy atom. The zero-order valence-corrected chi connectivity index (χ0v) is 14.8. The lowest BCUT2D eigenvalue weighted by Crippen LogP contribution is -2.30. The Labute approximate surface area is 160 Å². The average Bonchev–Trinajstić information content (AvgIpc) is 3.31. The number of anilines is 2. The summed E-state index contributed by atoms with van der Waals surface area (Å²) in [4.78, 5) is 39.0. The van der Waals surface area contributed by atoms with Gasteiger partial charge in [-0.3, -0.25) is 9.59 Å². The monoisotopic (exact) mass is 378 g/mol. The molecule has 3 amide bonds. The minimum absolute atomic E-state index is 0.0127. The van der Waals surface area contributed by atoms with Crippen LogP contribution in [-0.4, -0.2) is 23.0 Å². The van der Waals surface area contributed by atoms with Gasteiger partial charge in [0.05, 0.1) is 12.0 Å². The maximum atomic E-state index is 12.4. The maximum Gasteiger partial charge on any atom is 0.319 e. The Morgan fingerprint density at radius 1 is 0.964 bits per heavy atom. The van der Waals surface area contributed by atoms with E-state index in [1.165, 1.54) is 12.3 Å². The second kappa shape index (κ2) is 7.43. The molecule has 1 saturated carbocycles. The number of hydrogen-bond donors (Lipinski definition) is 4. The lowest BCUT2D eigenvalue weighted by Gasteiger charge is -2.09. The van der Waals surface area contributed by atoms with Gasteiger partial charge in [0.1, 0.15) is 11.3 Å². The number of H-pyrrole nitrogens is 1. The second-order valence-corrected chi connectivity index (χ2v) is 6.50. The lowest BCUT2D eigenvalue weighted by molar-refractivity contribution is 0.102. The molecule has 2 heterocycles. The van der Waals surface area contributed by atoms with Crippen LogP contribution in [0.5, 0.6) is 0 Å². The largest absolute Gasteiger partial charge is 0.463 e. The molecule has 142 valence electrons. The number of urea groups is 1. The number of amides is 3. The molecule has 0 spiro atoms. The van der Waals surface area contributed by atoms with Gasteiger partial charge in [0.2, 0.25) is 0 Å². The molecule has 28 heavy (non-hydrogen) atoms. The predicted octanol–water partition coefficient (Wildman–Crippen LogP) is 3.17. The quantitative estimate of drug-likeness (QED) is 0.546. The predicted molar refractivity (Wildman–Crippen MR) is 104 cm³/mol. The molecule has 0 atom stereocenters. The fourth-order valence-electron chi connectivity index (χ4n) is 2.64. The fourth-order valence-corrected chi connectivity index (χ4v) is 2.64. The van der Waals surface area contributed by atoms with Gasteiger partial charge < -0.3 is 25.4 Å². The van der Waals surface area contributed by atoms with Gasteiger partial charge in [-0.1, -0.05) is 0 Å². The van der Waals surface area contributed by atoms with Crippen LogP contribution in [0.25, 0.3) is 11.5 Å². The highest BCUT2D eigenvalue weighted by Crippen LogP contribution is 2.20. The highest BCUT2D eigenvalue weighted by Gasteiger charge is 2.23. The molecule has 1 aliphatic carbocycles. The molecule has 1 fully saturated rings. The van der Waals surface area contributed by atoms with Crippen molar-refractivity contribution in [3.8, 4) is 11.5 Å². The zero-order valence-electron chi connectivity index (χ0n) is 14.8. The molecule has 1 aliphatic rings. The summed E-state index contributed by atoms with van der Waals surface area (Å²) in [7, 11) is 0. The molecule has 0 radical (unpaired) electrons. The van der Waals surface area contributed by atoms with Crippen LogP contribution in [0.4, 0.5) is 16.2 Å². The Balaban J connectivity index is 1.40. The van der Waals surface area contributed by atoms with E-state index in [1.807, 2.05) is 0 Å². The molecular formula is C20H18N4O4. The van der Waals surface area contributed by atoms with Crippen LogP contribution in [0, 0.1) is 0 Å². The van der Waals surface area contributed by atoms with Gasteiger partial charge in [0, 0.05) is 17.4 Å². The number of pyridine rings is 1. The Kier molecular flexibility index (Phi) is 4.67. The summed E-state index contributed by atoms with van der Waals surface area (Å²) < 4.78 is 5.23. The normalized spacial score (nSPS) is 13.0. The summed E-state index contributed by atoms with van der Waals surface area (Å²) in [5.74, 6) is -0.0164.